The minimum absolute atomic E-state index is 0.144. The van der Waals surface area contributed by atoms with Gasteiger partial charge in [-0.15, -0.1) is 11.6 Å². The number of halogens is 2. The predicted molar refractivity (Wildman–Crippen MR) is 70.0 cm³/mol. The Kier molecular flexibility index (Phi) is 5.18. The van der Waals surface area contributed by atoms with Crippen molar-refractivity contribution < 1.29 is 18.8 Å². The summed E-state index contributed by atoms with van der Waals surface area (Å²) in [5.41, 5.74) is 0.0523. The van der Waals surface area contributed by atoms with Gasteiger partial charge in [0.15, 0.2) is 5.78 Å². The Balaban J connectivity index is 2.95. The molecule has 1 amide bonds. The third kappa shape index (κ3) is 4.44. The molecule has 0 saturated carbocycles. The Bertz CT molecular complexity index is 529. The highest BCUT2D eigenvalue weighted by Gasteiger charge is 2.15. The van der Waals surface area contributed by atoms with Crippen molar-refractivity contribution in [1.82, 2.24) is 0 Å². The molecule has 1 unspecified atom stereocenters. The fourth-order valence-corrected chi connectivity index (χ4v) is 1.55. The SMILES string of the molecule is CC(=O)CC(=O)Nc1cc(C(=O)C(C)Cl)ccc1F. The topological polar surface area (TPSA) is 63.2 Å². The van der Waals surface area contributed by atoms with Gasteiger partial charge in [-0.2, -0.15) is 0 Å². The molecule has 0 spiro atoms. The maximum Gasteiger partial charge on any atom is 0.231 e. The standard InChI is InChI=1S/C13H13ClFNO3/c1-7(17)5-12(18)16-11-6-9(3-4-10(11)15)13(19)8(2)14/h3-4,6,8H,5H2,1-2H3,(H,16,18). The van der Waals surface area contributed by atoms with E-state index in [0.717, 1.165) is 6.07 Å². The van der Waals surface area contributed by atoms with Crippen LogP contribution < -0.4 is 5.32 Å². The van der Waals surface area contributed by atoms with E-state index in [-0.39, 0.29) is 29.2 Å². The van der Waals surface area contributed by atoms with Gasteiger partial charge in [0.25, 0.3) is 0 Å². The Morgan fingerprint density at radius 2 is 2.00 bits per heavy atom. The van der Waals surface area contributed by atoms with Gasteiger partial charge in [-0.3, -0.25) is 14.4 Å². The van der Waals surface area contributed by atoms with E-state index in [0.29, 0.717) is 0 Å². The van der Waals surface area contributed by atoms with E-state index in [4.69, 9.17) is 11.6 Å². The van der Waals surface area contributed by atoms with Crippen LogP contribution in [0.5, 0.6) is 0 Å². The van der Waals surface area contributed by atoms with E-state index in [2.05, 4.69) is 5.32 Å². The third-order valence-electron chi connectivity index (χ3n) is 2.30. The highest BCUT2D eigenvalue weighted by molar-refractivity contribution is 6.33. The highest BCUT2D eigenvalue weighted by atomic mass is 35.5. The average Bonchev–Trinajstić information content (AvgIpc) is 2.29. The molecule has 0 aliphatic heterocycles. The summed E-state index contributed by atoms with van der Waals surface area (Å²) in [5, 5.41) is 1.50. The summed E-state index contributed by atoms with van der Waals surface area (Å²) in [5.74, 6) is -2.02. The number of rotatable bonds is 5. The normalized spacial score (nSPS) is 11.8. The molecule has 6 heteroatoms. The lowest BCUT2D eigenvalue weighted by atomic mass is 10.1. The molecule has 1 aromatic carbocycles. The fraction of sp³-hybridized carbons (Fsp3) is 0.308. The number of carbonyl (C=O) groups excluding carboxylic acids is 3. The molecular formula is C13H13ClFNO3. The molecule has 0 aliphatic carbocycles. The minimum Gasteiger partial charge on any atom is -0.323 e. The van der Waals surface area contributed by atoms with E-state index in [1.807, 2.05) is 0 Å². The first-order chi connectivity index (χ1) is 8.81. The van der Waals surface area contributed by atoms with Crippen LogP contribution in [0.15, 0.2) is 18.2 Å². The van der Waals surface area contributed by atoms with Crippen LogP contribution in [-0.2, 0) is 9.59 Å². The zero-order chi connectivity index (χ0) is 14.6. The maximum atomic E-state index is 13.5. The number of alkyl halides is 1. The van der Waals surface area contributed by atoms with Crippen molar-refractivity contribution in [1.29, 1.82) is 0 Å². The predicted octanol–water partition coefficient (Wildman–Crippen LogP) is 2.55. The van der Waals surface area contributed by atoms with Crippen LogP contribution in [-0.4, -0.2) is 22.9 Å². The fourth-order valence-electron chi connectivity index (χ4n) is 1.42. The molecule has 0 radical (unpaired) electrons. The number of hydrogen-bond donors (Lipinski definition) is 1. The molecule has 0 heterocycles. The van der Waals surface area contributed by atoms with Gasteiger partial charge in [-0.1, -0.05) is 0 Å². The number of carbonyl (C=O) groups is 3. The van der Waals surface area contributed by atoms with Gasteiger partial charge in [0.05, 0.1) is 17.5 Å². The second-order valence-corrected chi connectivity index (χ2v) is 4.76. The van der Waals surface area contributed by atoms with Gasteiger partial charge >= 0.3 is 0 Å². The molecule has 0 aromatic heterocycles. The number of anilines is 1. The van der Waals surface area contributed by atoms with Crippen LogP contribution in [0.1, 0.15) is 30.6 Å². The summed E-state index contributed by atoms with van der Waals surface area (Å²) < 4.78 is 13.5. The van der Waals surface area contributed by atoms with Crippen molar-refractivity contribution in [3.05, 3.63) is 29.6 Å². The third-order valence-corrected chi connectivity index (χ3v) is 2.49. The summed E-state index contributed by atoms with van der Waals surface area (Å²) >= 11 is 5.65. The first-order valence-corrected chi connectivity index (χ1v) is 6.02. The molecular weight excluding hydrogens is 273 g/mol. The summed E-state index contributed by atoms with van der Waals surface area (Å²) in [4.78, 5) is 33.8. The molecule has 4 nitrogen and oxygen atoms in total. The molecule has 0 saturated heterocycles. The van der Waals surface area contributed by atoms with Crippen LogP contribution >= 0.6 is 11.6 Å². The molecule has 1 N–H and O–H groups in total. The van der Waals surface area contributed by atoms with Crippen molar-refractivity contribution in [2.75, 3.05) is 5.32 Å². The molecule has 1 atom stereocenters. The lowest BCUT2D eigenvalue weighted by molar-refractivity contribution is -0.124. The molecule has 0 fully saturated rings. The van der Waals surface area contributed by atoms with Crippen LogP contribution in [0.2, 0.25) is 0 Å². The smallest absolute Gasteiger partial charge is 0.231 e. The minimum atomic E-state index is -0.744. The number of ketones is 2. The Morgan fingerprint density at radius 1 is 1.37 bits per heavy atom. The molecule has 1 aromatic rings. The zero-order valence-corrected chi connectivity index (χ0v) is 11.3. The van der Waals surface area contributed by atoms with Crippen molar-refractivity contribution in [2.24, 2.45) is 0 Å². The van der Waals surface area contributed by atoms with Gasteiger partial charge in [-0.05, 0) is 32.0 Å². The zero-order valence-electron chi connectivity index (χ0n) is 10.5. The van der Waals surface area contributed by atoms with Crippen molar-refractivity contribution in [3.63, 3.8) is 0 Å². The molecule has 102 valence electrons. The van der Waals surface area contributed by atoms with Gasteiger partial charge in [0.2, 0.25) is 5.91 Å². The van der Waals surface area contributed by atoms with Crippen LogP contribution in [0.25, 0.3) is 0 Å². The van der Waals surface area contributed by atoms with E-state index < -0.39 is 17.1 Å². The Morgan fingerprint density at radius 3 is 2.53 bits per heavy atom. The van der Waals surface area contributed by atoms with Crippen molar-refractivity contribution >= 4 is 34.8 Å². The molecule has 1 rings (SSSR count). The van der Waals surface area contributed by atoms with Crippen LogP contribution in [0.3, 0.4) is 0 Å². The first kappa shape index (κ1) is 15.3. The summed E-state index contributed by atoms with van der Waals surface area (Å²) in [6.45, 7) is 2.76. The molecule has 19 heavy (non-hydrogen) atoms. The molecule has 0 aliphatic rings. The summed E-state index contributed by atoms with van der Waals surface area (Å²) in [7, 11) is 0. The lowest BCUT2D eigenvalue weighted by Gasteiger charge is -2.08. The Hall–Kier alpha value is -1.75. The van der Waals surface area contributed by atoms with Gasteiger partial charge in [0.1, 0.15) is 11.6 Å². The number of amides is 1. The lowest BCUT2D eigenvalue weighted by Crippen LogP contribution is -2.17. The highest BCUT2D eigenvalue weighted by Crippen LogP contribution is 2.18. The van der Waals surface area contributed by atoms with Gasteiger partial charge in [0, 0.05) is 5.56 Å². The van der Waals surface area contributed by atoms with Gasteiger partial charge in [-0.25, -0.2) is 4.39 Å². The average molecular weight is 286 g/mol. The number of Topliss-reactive ketones (excluding diaryl/α,β-unsaturated/α-hetero) is 2. The number of nitrogens with one attached hydrogen (secondary N) is 1. The van der Waals surface area contributed by atoms with E-state index in [1.54, 1.807) is 0 Å². The van der Waals surface area contributed by atoms with Crippen LogP contribution in [0.4, 0.5) is 10.1 Å². The number of hydrogen-bond acceptors (Lipinski definition) is 3. The first-order valence-electron chi connectivity index (χ1n) is 5.58. The summed E-state index contributed by atoms with van der Waals surface area (Å²) in [6.07, 6.45) is -0.344. The number of benzene rings is 1. The van der Waals surface area contributed by atoms with E-state index in [1.165, 1.54) is 26.0 Å². The van der Waals surface area contributed by atoms with Crippen LogP contribution in [0, 0.1) is 5.82 Å². The van der Waals surface area contributed by atoms with E-state index in [9.17, 15) is 18.8 Å². The van der Waals surface area contributed by atoms with Crippen molar-refractivity contribution in [3.8, 4) is 0 Å². The van der Waals surface area contributed by atoms with Crippen molar-refractivity contribution in [2.45, 2.75) is 25.6 Å². The maximum absolute atomic E-state index is 13.5. The van der Waals surface area contributed by atoms with Gasteiger partial charge < -0.3 is 5.32 Å². The quantitative estimate of drug-likeness (QED) is 0.514. The monoisotopic (exact) mass is 285 g/mol. The summed E-state index contributed by atoms with van der Waals surface area (Å²) in [6, 6.07) is 3.56. The second kappa shape index (κ2) is 6.43. The second-order valence-electron chi connectivity index (χ2n) is 4.10. The Labute approximate surface area is 114 Å². The largest absolute Gasteiger partial charge is 0.323 e. The molecule has 0 bridgehead atoms. The van der Waals surface area contributed by atoms with E-state index >= 15 is 0 Å².